The lowest BCUT2D eigenvalue weighted by molar-refractivity contribution is -0.148. The Labute approximate surface area is 145 Å². The molecule has 0 aromatic heterocycles. The topological polar surface area (TPSA) is 76.7 Å². The Kier molecular flexibility index (Phi) is 10.0. The van der Waals surface area contributed by atoms with Crippen LogP contribution in [0.2, 0.25) is 0 Å². The minimum atomic E-state index is -0.826. The van der Waals surface area contributed by atoms with Gasteiger partial charge in [0.25, 0.3) is 0 Å². The molecule has 0 aromatic carbocycles. The zero-order valence-electron chi connectivity index (χ0n) is 13.7. The van der Waals surface area contributed by atoms with Crippen molar-refractivity contribution in [1.29, 1.82) is 0 Å². The summed E-state index contributed by atoms with van der Waals surface area (Å²) in [6.07, 6.45) is -1.44. The first-order valence-corrected chi connectivity index (χ1v) is 7.01. The molecule has 1 aliphatic heterocycles. The van der Waals surface area contributed by atoms with E-state index < -0.39 is 30.7 Å². The maximum Gasteiger partial charge on any atom is 0.327 e. The fraction of sp³-hybridized carbons (Fsp3) is 0.778. The SMILES string of the molecule is CN[C@]1(C(=O)OC)CN[C@H](C(=O)OC)C1.[B]B([B])B([B])B([B])[B]. The Morgan fingerprint density at radius 1 is 1.13 bits per heavy atom. The molecule has 1 heterocycles. The molecule has 0 aliphatic carbocycles. The van der Waals surface area contributed by atoms with E-state index in [4.69, 9.17) is 43.4 Å². The molecule has 2 N–H and O–H groups in total. The van der Waals surface area contributed by atoms with E-state index in [0.717, 1.165) is 0 Å². The molecule has 0 unspecified atom stereocenters. The average Bonchev–Trinajstić information content (AvgIpc) is 2.98. The Balaban J connectivity index is 0.000000515. The van der Waals surface area contributed by atoms with E-state index in [2.05, 4.69) is 15.4 Å². The maximum absolute atomic E-state index is 11.5. The van der Waals surface area contributed by atoms with Gasteiger partial charge in [-0.25, -0.2) is 0 Å². The second kappa shape index (κ2) is 10.3. The van der Waals surface area contributed by atoms with Crippen LogP contribution in [0.4, 0.5) is 0 Å². The van der Waals surface area contributed by atoms with Gasteiger partial charge in [-0.2, -0.15) is 0 Å². The van der Waals surface area contributed by atoms with Crippen molar-refractivity contribution < 1.29 is 19.1 Å². The van der Waals surface area contributed by atoms with Crippen molar-refractivity contribution in [2.24, 2.45) is 0 Å². The molecule has 1 aliphatic rings. The zero-order chi connectivity index (χ0) is 18.2. The summed E-state index contributed by atoms with van der Waals surface area (Å²) in [5, 5.41) is 5.82. The van der Waals surface area contributed by atoms with Gasteiger partial charge in [0.2, 0.25) is 0 Å². The normalized spacial score (nSPS) is 22.3. The number of methoxy groups -OCH3 is 2. The summed E-state index contributed by atoms with van der Waals surface area (Å²) >= 11 is 0. The van der Waals surface area contributed by atoms with E-state index in [1.165, 1.54) is 14.2 Å². The minimum absolute atomic E-state index is 0.336. The van der Waals surface area contributed by atoms with Gasteiger partial charge in [-0.15, -0.1) is 0 Å². The predicted molar refractivity (Wildman–Crippen MR) is 98.3 cm³/mol. The smallest absolute Gasteiger partial charge is 0.327 e. The summed E-state index contributed by atoms with van der Waals surface area (Å²) in [6, 6.07) is -0.457. The van der Waals surface area contributed by atoms with Crippen LogP contribution in [0.15, 0.2) is 0 Å². The third-order valence-corrected chi connectivity index (χ3v) is 3.63. The monoisotopic (exact) mass is 304 g/mol. The number of hydrogen-bond donors (Lipinski definition) is 2. The minimum Gasteiger partial charge on any atom is -0.468 e. The number of rotatable bonds is 5. The lowest BCUT2D eigenvalue weighted by atomic mass is 8.68. The number of esters is 2. The van der Waals surface area contributed by atoms with Crippen molar-refractivity contribution in [3.8, 4) is 0 Å². The Bertz CT molecular complexity index is 394. The summed E-state index contributed by atoms with van der Waals surface area (Å²) in [5.41, 5.74) is -0.826. The molecule has 14 heteroatoms. The van der Waals surface area contributed by atoms with E-state index in [-0.39, 0.29) is 11.9 Å². The molecule has 0 aromatic rings. The standard InChI is InChI=1S/C9H16N2O4.B8/c1-10-9(8(13)15-3)4-6(11-5-9)7(12)14-2;1-6(2)8(5)7(3)4/h6,10-11H,4-5H2,1-3H3;/t6-,9-;/m0./s1. The van der Waals surface area contributed by atoms with Crippen molar-refractivity contribution in [1.82, 2.24) is 10.6 Å². The molecular formula is C9H16B8N2O4. The van der Waals surface area contributed by atoms with Crippen molar-refractivity contribution >= 4 is 69.8 Å². The Morgan fingerprint density at radius 2 is 1.65 bits per heavy atom. The van der Waals surface area contributed by atoms with Gasteiger partial charge >= 0.3 is 11.9 Å². The fourth-order valence-electron chi connectivity index (χ4n) is 2.00. The first kappa shape index (κ1) is 22.4. The number of carbonyl (C=O) groups excluding carboxylic acids is 2. The molecule has 1 fully saturated rings. The van der Waals surface area contributed by atoms with Gasteiger partial charge in [-0.3, -0.25) is 9.59 Å². The van der Waals surface area contributed by atoms with Crippen LogP contribution in [0.1, 0.15) is 6.42 Å². The number of ether oxygens (including phenoxy) is 2. The molecule has 1 rings (SSSR count). The Morgan fingerprint density at radius 3 is 1.96 bits per heavy atom. The summed E-state index contributed by atoms with van der Waals surface area (Å²) in [6.45, 7) is 0.357. The molecule has 0 bridgehead atoms. The van der Waals surface area contributed by atoms with Gasteiger partial charge in [0.1, 0.15) is 11.6 Å². The molecule has 1 saturated heterocycles. The van der Waals surface area contributed by atoms with Gasteiger partial charge in [0.15, 0.2) is 0 Å². The molecule has 0 amide bonds. The average molecular weight is 303 g/mol. The summed E-state index contributed by atoms with van der Waals surface area (Å²) in [5.74, 6) is -0.736. The summed E-state index contributed by atoms with van der Waals surface area (Å²) in [4.78, 5) is 22.8. The molecule has 2 atom stereocenters. The molecule has 10 radical (unpaired) electrons. The van der Waals surface area contributed by atoms with Crippen LogP contribution in [0.3, 0.4) is 0 Å². The van der Waals surface area contributed by atoms with E-state index in [0.29, 0.717) is 13.0 Å². The summed E-state index contributed by atoms with van der Waals surface area (Å²) < 4.78 is 9.30. The highest BCUT2D eigenvalue weighted by atomic mass is 16.5. The molecule has 23 heavy (non-hydrogen) atoms. The van der Waals surface area contributed by atoms with Crippen LogP contribution in [0, 0.1) is 0 Å². The predicted octanol–water partition coefficient (Wildman–Crippen LogP) is -4.39. The second-order valence-electron chi connectivity index (χ2n) is 5.22. The van der Waals surface area contributed by atoms with Crippen molar-refractivity contribution in [3.05, 3.63) is 0 Å². The fourth-order valence-corrected chi connectivity index (χ4v) is 2.00. The van der Waals surface area contributed by atoms with E-state index in [1.54, 1.807) is 7.05 Å². The lowest BCUT2D eigenvalue weighted by Crippen LogP contribution is -2.52. The number of hydrogen-bond acceptors (Lipinski definition) is 6. The summed E-state index contributed by atoms with van der Waals surface area (Å²) in [7, 11) is 30.1. The molecule has 0 spiro atoms. The first-order chi connectivity index (χ1) is 10.6. The van der Waals surface area contributed by atoms with Crippen molar-refractivity contribution in [3.63, 3.8) is 0 Å². The number of carbonyl (C=O) groups is 2. The molecular weight excluding hydrogens is 287 g/mol. The van der Waals surface area contributed by atoms with Crippen LogP contribution in [0.5, 0.6) is 0 Å². The van der Waals surface area contributed by atoms with Gasteiger partial charge in [0.05, 0.1) is 14.2 Å². The van der Waals surface area contributed by atoms with Gasteiger partial charge in [-0.1, -0.05) is 0 Å². The Hall–Kier alpha value is -0.621. The maximum atomic E-state index is 11.5. The van der Waals surface area contributed by atoms with Crippen LogP contribution in [-0.4, -0.2) is 109 Å². The largest absolute Gasteiger partial charge is 0.468 e. The first-order valence-electron chi connectivity index (χ1n) is 7.01. The van der Waals surface area contributed by atoms with Gasteiger partial charge < -0.3 is 20.1 Å². The van der Waals surface area contributed by atoms with Crippen molar-refractivity contribution in [2.45, 2.75) is 18.0 Å². The highest BCUT2D eigenvalue weighted by Gasteiger charge is 2.47. The highest BCUT2D eigenvalue weighted by molar-refractivity contribution is 7.89. The van der Waals surface area contributed by atoms with Crippen LogP contribution in [0.25, 0.3) is 0 Å². The lowest BCUT2D eigenvalue weighted by Gasteiger charge is -2.24. The van der Waals surface area contributed by atoms with E-state index >= 15 is 0 Å². The second-order valence-corrected chi connectivity index (χ2v) is 5.22. The zero-order valence-corrected chi connectivity index (χ0v) is 13.7. The number of nitrogens with one attached hydrogen (secondary N) is 2. The van der Waals surface area contributed by atoms with Crippen LogP contribution in [-0.2, 0) is 19.1 Å². The molecule has 110 valence electrons. The van der Waals surface area contributed by atoms with Crippen LogP contribution < -0.4 is 10.6 Å². The van der Waals surface area contributed by atoms with E-state index in [1.807, 2.05) is 0 Å². The van der Waals surface area contributed by atoms with E-state index in [9.17, 15) is 9.59 Å². The third-order valence-electron chi connectivity index (χ3n) is 3.63. The molecule has 0 saturated carbocycles. The van der Waals surface area contributed by atoms with Crippen molar-refractivity contribution in [2.75, 3.05) is 27.8 Å². The third kappa shape index (κ3) is 6.41. The number of likely N-dealkylation sites (N-methyl/N-ethyl adjacent to an activating group) is 1. The molecule has 6 nitrogen and oxygen atoms in total. The van der Waals surface area contributed by atoms with Gasteiger partial charge in [0, 0.05) is 70.8 Å². The van der Waals surface area contributed by atoms with Crippen LogP contribution >= 0.6 is 0 Å². The quantitative estimate of drug-likeness (QED) is 0.395. The van der Waals surface area contributed by atoms with Gasteiger partial charge in [-0.05, 0) is 7.05 Å². The highest BCUT2D eigenvalue weighted by Crippen LogP contribution is 2.21.